The summed E-state index contributed by atoms with van der Waals surface area (Å²) in [6.07, 6.45) is 4.34. The van der Waals surface area contributed by atoms with E-state index in [1.54, 1.807) is 6.07 Å². The highest BCUT2D eigenvalue weighted by atomic mass is 19.3. The van der Waals surface area contributed by atoms with Crippen molar-refractivity contribution in [1.29, 1.82) is 0 Å². The molecule has 3 aromatic carbocycles. The van der Waals surface area contributed by atoms with Crippen molar-refractivity contribution < 1.29 is 35.8 Å². The molecule has 1 saturated carbocycles. The highest BCUT2D eigenvalue weighted by molar-refractivity contribution is 5.65. The van der Waals surface area contributed by atoms with E-state index < -0.39 is 47.1 Å². The summed E-state index contributed by atoms with van der Waals surface area (Å²) in [5.74, 6) is -3.54. The van der Waals surface area contributed by atoms with Crippen LogP contribution in [-0.2, 0) is 6.67 Å². The Kier molecular flexibility index (Phi) is 8.81. The minimum absolute atomic E-state index is 0.0866. The van der Waals surface area contributed by atoms with Gasteiger partial charge in [-0.25, -0.2) is 26.3 Å². The van der Waals surface area contributed by atoms with Gasteiger partial charge in [-0.3, -0.25) is 4.94 Å². The summed E-state index contributed by atoms with van der Waals surface area (Å²) < 4.78 is 91.0. The fourth-order valence-electron chi connectivity index (χ4n) is 4.17. The van der Waals surface area contributed by atoms with Crippen molar-refractivity contribution >= 4 is 0 Å². The van der Waals surface area contributed by atoms with Crippen LogP contribution in [0.5, 0.6) is 5.75 Å². The lowest BCUT2D eigenvalue weighted by Gasteiger charge is -2.26. The second-order valence-electron chi connectivity index (χ2n) is 8.84. The van der Waals surface area contributed by atoms with Gasteiger partial charge in [0.1, 0.15) is 35.8 Å². The van der Waals surface area contributed by atoms with Gasteiger partial charge in [-0.1, -0.05) is 31.9 Å². The Balaban J connectivity index is 0.000000261. The number of benzene rings is 3. The number of rotatable bonds is 4. The molecule has 0 atom stereocenters. The maximum Gasteiger partial charge on any atom is 0.177 e. The van der Waals surface area contributed by atoms with Gasteiger partial charge in [0.15, 0.2) is 5.75 Å². The first-order valence-corrected chi connectivity index (χ1v) is 11.2. The number of alkyl halides is 1. The fourth-order valence-corrected chi connectivity index (χ4v) is 4.17. The summed E-state index contributed by atoms with van der Waals surface area (Å²) in [4.78, 5) is 3.15. The molecular formula is C27H25F7O. The summed E-state index contributed by atoms with van der Waals surface area (Å²) in [5, 5.41) is 0. The Hall–Kier alpha value is -3.03. The van der Waals surface area contributed by atoms with Gasteiger partial charge < -0.3 is 0 Å². The summed E-state index contributed by atoms with van der Waals surface area (Å²) in [5.41, 5.74) is 0.386. The minimum Gasteiger partial charge on any atom is -0.294 e. The Labute approximate surface area is 199 Å². The molecule has 35 heavy (non-hydrogen) atoms. The standard InChI is InChI=1S/C20H20F4.C7H5F3O/c1-12-2-4-13(5-3-12)14-6-7-16(18(22)8-14)15-9-19(23)17(11-21)20(24)10-15;1-4-6(8)2-5(11-10)3-7(4)9/h6-10,12-13H,2-5,11H2,1H3;2-3H,1H3. The molecule has 3 aromatic rings. The molecule has 0 radical (unpaired) electrons. The lowest BCUT2D eigenvalue weighted by Crippen LogP contribution is -2.11. The topological polar surface area (TPSA) is 9.23 Å². The zero-order valence-electron chi connectivity index (χ0n) is 19.3. The van der Waals surface area contributed by atoms with E-state index in [9.17, 15) is 30.9 Å². The molecule has 0 bridgehead atoms. The molecule has 1 nitrogen and oxygen atoms in total. The number of halogens is 7. The first-order chi connectivity index (χ1) is 16.6. The van der Waals surface area contributed by atoms with Crippen molar-refractivity contribution in [2.24, 2.45) is 5.92 Å². The maximum absolute atomic E-state index is 14.5. The van der Waals surface area contributed by atoms with Crippen molar-refractivity contribution in [3.05, 3.63) is 88.2 Å². The summed E-state index contributed by atoms with van der Waals surface area (Å²) >= 11 is 0. The average molecular weight is 498 g/mol. The third kappa shape index (κ3) is 6.35. The largest absolute Gasteiger partial charge is 0.294 e. The number of hydrogen-bond acceptors (Lipinski definition) is 1. The average Bonchev–Trinajstić information content (AvgIpc) is 2.82. The van der Waals surface area contributed by atoms with E-state index in [0.717, 1.165) is 55.5 Å². The third-order valence-corrected chi connectivity index (χ3v) is 6.41. The predicted molar refractivity (Wildman–Crippen MR) is 120 cm³/mol. The van der Waals surface area contributed by atoms with Gasteiger partial charge in [-0.2, -0.15) is 0 Å². The van der Waals surface area contributed by atoms with Crippen molar-refractivity contribution in [2.45, 2.75) is 52.1 Å². The molecule has 0 aliphatic heterocycles. The molecule has 0 N–H and O–H groups in total. The van der Waals surface area contributed by atoms with Gasteiger partial charge in [0.05, 0.1) is 5.56 Å². The van der Waals surface area contributed by atoms with Crippen LogP contribution in [0.2, 0.25) is 0 Å². The molecule has 1 fully saturated rings. The molecule has 4 rings (SSSR count). The Morgan fingerprint density at radius 3 is 1.83 bits per heavy atom. The van der Waals surface area contributed by atoms with Gasteiger partial charge >= 0.3 is 0 Å². The van der Waals surface area contributed by atoms with Crippen LogP contribution in [0.1, 0.15) is 55.2 Å². The van der Waals surface area contributed by atoms with Crippen molar-refractivity contribution in [3.8, 4) is 16.9 Å². The first-order valence-electron chi connectivity index (χ1n) is 11.2. The molecule has 0 aromatic heterocycles. The van der Waals surface area contributed by atoms with Crippen LogP contribution >= 0.6 is 0 Å². The molecule has 0 heterocycles. The van der Waals surface area contributed by atoms with E-state index in [4.69, 9.17) is 0 Å². The van der Waals surface area contributed by atoms with E-state index in [2.05, 4.69) is 11.9 Å². The Bertz CT molecular complexity index is 1120. The molecule has 0 amide bonds. The van der Waals surface area contributed by atoms with Gasteiger partial charge in [0, 0.05) is 27.8 Å². The van der Waals surface area contributed by atoms with Crippen LogP contribution in [0.4, 0.5) is 30.9 Å². The SMILES string of the molecule is CC1CCC(c2ccc(-c3cc(F)c(CF)c(F)c3)c(F)c2)CC1.Cc1c(F)cc(OF)cc1F. The zero-order chi connectivity index (χ0) is 25.7. The molecule has 0 unspecified atom stereocenters. The van der Waals surface area contributed by atoms with Crippen molar-refractivity contribution in [3.63, 3.8) is 0 Å². The Morgan fingerprint density at radius 1 is 0.771 bits per heavy atom. The summed E-state index contributed by atoms with van der Waals surface area (Å²) in [6.45, 7) is 2.26. The smallest absolute Gasteiger partial charge is 0.177 e. The maximum atomic E-state index is 14.5. The molecule has 188 valence electrons. The lowest BCUT2D eigenvalue weighted by atomic mass is 9.79. The van der Waals surface area contributed by atoms with Crippen molar-refractivity contribution in [1.82, 2.24) is 0 Å². The van der Waals surface area contributed by atoms with Crippen LogP contribution in [0.15, 0.2) is 42.5 Å². The first kappa shape index (κ1) is 26.6. The zero-order valence-corrected chi connectivity index (χ0v) is 19.3. The minimum atomic E-state index is -1.22. The van der Waals surface area contributed by atoms with Crippen LogP contribution < -0.4 is 4.94 Å². The van der Waals surface area contributed by atoms with Crippen LogP contribution in [0.25, 0.3) is 11.1 Å². The lowest BCUT2D eigenvalue weighted by molar-refractivity contribution is -0.00694. The summed E-state index contributed by atoms with van der Waals surface area (Å²) in [7, 11) is 0. The van der Waals surface area contributed by atoms with E-state index in [-0.39, 0.29) is 16.7 Å². The van der Waals surface area contributed by atoms with Gasteiger partial charge in [0.25, 0.3) is 0 Å². The molecule has 1 aliphatic carbocycles. The van der Waals surface area contributed by atoms with E-state index in [0.29, 0.717) is 11.8 Å². The second-order valence-corrected chi connectivity index (χ2v) is 8.84. The quantitative estimate of drug-likeness (QED) is 0.326. The summed E-state index contributed by atoms with van der Waals surface area (Å²) in [6, 6.07) is 8.38. The van der Waals surface area contributed by atoms with E-state index >= 15 is 0 Å². The molecule has 0 saturated heterocycles. The molecule has 8 heteroatoms. The highest BCUT2D eigenvalue weighted by Crippen LogP contribution is 2.37. The third-order valence-electron chi connectivity index (χ3n) is 6.41. The number of hydrogen-bond donors (Lipinski definition) is 0. The van der Waals surface area contributed by atoms with Gasteiger partial charge in [0.2, 0.25) is 0 Å². The van der Waals surface area contributed by atoms with E-state index in [1.165, 1.54) is 13.0 Å². The second kappa shape index (κ2) is 11.6. The predicted octanol–water partition coefficient (Wildman–Crippen LogP) is 9.07. The molecule has 0 spiro atoms. The molecule has 1 aliphatic rings. The Morgan fingerprint density at radius 2 is 1.34 bits per heavy atom. The van der Waals surface area contributed by atoms with Crippen molar-refractivity contribution in [2.75, 3.05) is 0 Å². The fraction of sp³-hybridized carbons (Fsp3) is 0.333. The normalized spacial score (nSPS) is 17.5. The highest BCUT2D eigenvalue weighted by Gasteiger charge is 2.21. The van der Waals surface area contributed by atoms with Gasteiger partial charge in [-0.15, -0.1) is 0 Å². The van der Waals surface area contributed by atoms with Gasteiger partial charge in [-0.05, 0) is 60.9 Å². The molecular weight excluding hydrogens is 473 g/mol. The van der Waals surface area contributed by atoms with E-state index in [1.807, 2.05) is 6.07 Å². The monoisotopic (exact) mass is 498 g/mol. The van der Waals surface area contributed by atoms with Crippen LogP contribution in [0, 0.1) is 41.9 Å². The van der Waals surface area contributed by atoms with Crippen LogP contribution in [-0.4, -0.2) is 0 Å². The van der Waals surface area contributed by atoms with Crippen LogP contribution in [0.3, 0.4) is 0 Å².